The van der Waals surface area contributed by atoms with Gasteiger partial charge in [0, 0.05) is 16.8 Å². The summed E-state index contributed by atoms with van der Waals surface area (Å²) in [6.07, 6.45) is 4.01. The van der Waals surface area contributed by atoms with Gasteiger partial charge in [-0.25, -0.2) is 4.39 Å². The molecule has 0 N–H and O–H groups in total. The van der Waals surface area contributed by atoms with Gasteiger partial charge in [-0.1, -0.05) is 44.2 Å². The molecule has 2 saturated carbocycles. The molecule has 39 heavy (non-hydrogen) atoms. The first-order valence-corrected chi connectivity index (χ1v) is 14.0. The number of carbonyl (C=O) groups is 1. The number of hydrogen-bond acceptors (Lipinski definition) is 3. The van der Waals surface area contributed by atoms with E-state index in [1.165, 1.54) is 23.8 Å². The lowest BCUT2D eigenvalue weighted by atomic mass is 9.47. The Morgan fingerprint density at radius 1 is 1.03 bits per heavy atom. The van der Waals surface area contributed by atoms with Crippen LogP contribution in [0.5, 0.6) is 5.75 Å². The molecule has 4 nitrogen and oxygen atoms in total. The molecule has 5 heteroatoms. The maximum Gasteiger partial charge on any atom is 0.308 e. The summed E-state index contributed by atoms with van der Waals surface area (Å²) >= 11 is 0. The zero-order valence-electron chi connectivity index (χ0n) is 23.2. The van der Waals surface area contributed by atoms with Crippen LogP contribution >= 0.6 is 0 Å². The molecule has 2 fully saturated rings. The third-order valence-corrected chi connectivity index (χ3v) is 8.87. The van der Waals surface area contributed by atoms with Crippen molar-refractivity contribution in [3.8, 4) is 11.4 Å². The fourth-order valence-corrected chi connectivity index (χ4v) is 7.03. The lowest BCUT2D eigenvalue weighted by molar-refractivity contribution is -0.159. The molecule has 0 unspecified atom stereocenters. The lowest BCUT2D eigenvalue weighted by Crippen LogP contribution is -2.49. The van der Waals surface area contributed by atoms with Crippen LogP contribution in [0.4, 0.5) is 4.39 Å². The van der Waals surface area contributed by atoms with Gasteiger partial charge in [0.15, 0.2) is 0 Å². The number of fused-ring (bicyclic) bond motifs is 1. The molecular weight excluding hydrogens is 489 g/mol. The Kier molecular flexibility index (Phi) is 6.49. The second-order valence-electron chi connectivity index (χ2n) is 11.9. The van der Waals surface area contributed by atoms with E-state index in [1.807, 2.05) is 43.3 Å². The highest BCUT2D eigenvalue weighted by atomic mass is 19.1. The van der Waals surface area contributed by atoms with Gasteiger partial charge in [0.2, 0.25) is 0 Å². The molecule has 0 atom stereocenters. The topological polar surface area (TPSA) is 40.5 Å². The molecule has 2 aliphatic carbocycles. The second-order valence-corrected chi connectivity index (χ2v) is 11.9. The van der Waals surface area contributed by atoms with Crippen molar-refractivity contribution < 1.29 is 18.7 Å². The lowest BCUT2D eigenvalue weighted by Gasteiger charge is -2.57. The highest BCUT2D eigenvalue weighted by Crippen LogP contribution is 2.65. The number of benzene rings is 3. The Bertz CT molecular complexity index is 1520. The zero-order valence-corrected chi connectivity index (χ0v) is 23.2. The zero-order chi connectivity index (χ0) is 27.3. The van der Waals surface area contributed by atoms with Gasteiger partial charge in [0.25, 0.3) is 0 Å². The molecule has 1 heterocycles. The van der Waals surface area contributed by atoms with Crippen molar-refractivity contribution in [1.29, 1.82) is 0 Å². The summed E-state index contributed by atoms with van der Waals surface area (Å²) in [6, 6.07) is 22.0. The molecule has 0 saturated heterocycles. The minimum atomic E-state index is -0.191. The van der Waals surface area contributed by atoms with Gasteiger partial charge in [0.05, 0.1) is 18.5 Å². The molecule has 2 aliphatic rings. The maximum absolute atomic E-state index is 14.2. The standard InChI is InChI=1S/C34H36FNO3/c1-21(2)32-31(24-16-34(17-24)18-25(19-34)33(37)38-4)28-15-27(39-20-23-8-6-5-7-9-23)11-13-30(28)36(32)26-10-12-29(35)22(3)14-26/h5-15,21,24-25H,16-20H2,1-4H3. The normalized spacial score (nSPS) is 22.1. The number of hydrogen-bond donors (Lipinski definition) is 0. The van der Waals surface area contributed by atoms with Gasteiger partial charge in [-0.05, 0) is 103 Å². The average molecular weight is 526 g/mol. The monoisotopic (exact) mass is 525 g/mol. The number of ether oxygens (including phenoxy) is 2. The Balaban J connectivity index is 1.41. The van der Waals surface area contributed by atoms with Gasteiger partial charge >= 0.3 is 5.97 Å². The largest absolute Gasteiger partial charge is 0.489 e. The van der Waals surface area contributed by atoms with Gasteiger partial charge in [-0.2, -0.15) is 0 Å². The fourth-order valence-electron chi connectivity index (χ4n) is 7.03. The third kappa shape index (κ3) is 4.52. The summed E-state index contributed by atoms with van der Waals surface area (Å²) < 4.78 is 27.8. The molecule has 1 aromatic heterocycles. The smallest absolute Gasteiger partial charge is 0.308 e. The first kappa shape index (κ1) is 25.7. The summed E-state index contributed by atoms with van der Waals surface area (Å²) in [7, 11) is 1.48. The number of methoxy groups -OCH3 is 1. The van der Waals surface area contributed by atoms with E-state index in [1.54, 1.807) is 6.07 Å². The SMILES string of the molecule is COC(=O)C1CC2(C1)CC(c1c(C(C)C)n(-c3ccc(F)c(C)c3)c3ccc(OCc4ccccc4)cc13)C2. The Morgan fingerprint density at radius 2 is 1.77 bits per heavy atom. The molecule has 202 valence electrons. The van der Waals surface area contributed by atoms with Crippen molar-refractivity contribution in [3.05, 3.63) is 94.9 Å². The van der Waals surface area contributed by atoms with E-state index in [4.69, 9.17) is 9.47 Å². The molecule has 6 rings (SSSR count). The fraction of sp³-hybridized carbons (Fsp3) is 0.382. The van der Waals surface area contributed by atoms with E-state index in [0.29, 0.717) is 18.1 Å². The number of aryl methyl sites for hydroxylation is 1. The van der Waals surface area contributed by atoms with E-state index in [0.717, 1.165) is 48.2 Å². The Morgan fingerprint density at radius 3 is 2.44 bits per heavy atom. The summed E-state index contributed by atoms with van der Waals surface area (Å²) in [5, 5.41) is 1.20. The van der Waals surface area contributed by atoms with E-state index in [-0.39, 0.29) is 29.0 Å². The molecule has 0 amide bonds. The van der Waals surface area contributed by atoms with Gasteiger partial charge < -0.3 is 14.0 Å². The van der Waals surface area contributed by atoms with Crippen molar-refractivity contribution in [3.63, 3.8) is 0 Å². The molecular formula is C34H36FNO3. The van der Waals surface area contributed by atoms with Crippen LogP contribution < -0.4 is 4.74 Å². The van der Waals surface area contributed by atoms with Crippen molar-refractivity contribution >= 4 is 16.9 Å². The third-order valence-electron chi connectivity index (χ3n) is 8.87. The van der Waals surface area contributed by atoms with Crippen molar-refractivity contribution in [2.24, 2.45) is 11.3 Å². The predicted molar refractivity (Wildman–Crippen MR) is 152 cm³/mol. The van der Waals surface area contributed by atoms with Crippen LogP contribution in [0.2, 0.25) is 0 Å². The summed E-state index contributed by atoms with van der Waals surface area (Å²) in [4.78, 5) is 12.0. The molecule has 4 aromatic rings. The first-order chi connectivity index (χ1) is 18.8. The number of nitrogens with zero attached hydrogens (tertiary/aromatic N) is 1. The molecule has 3 aromatic carbocycles. The summed E-state index contributed by atoms with van der Waals surface area (Å²) in [6.45, 7) is 6.81. The van der Waals surface area contributed by atoms with Crippen molar-refractivity contribution in [2.75, 3.05) is 7.11 Å². The molecule has 0 radical (unpaired) electrons. The van der Waals surface area contributed by atoms with Crippen LogP contribution in [0, 0.1) is 24.1 Å². The van der Waals surface area contributed by atoms with Crippen molar-refractivity contribution in [1.82, 2.24) is 4.57 Å². The molecule has 0 aliphatic heterocycles. The van der Waals surface area contributed by atoms with Crippen LogP contribution in [0.25, 0.3) is 16.6 Å². The number of aromatic nitrogens is 1. The van der Waals surface area contributed by atoms with Crippen LogP contribution in [0.3, 0.4) is 0 Å². The second kappa shape index (κ2) is 9.86. The highest BCUT2D eigenvalue weighted by molar-refractivity contribution is 5.90. The van der Waals surface area contributed by atoms with Crippen LogP contribution in [0.1, 0.15) is 73.8 Å². The van der Waals surface area contributed by atoms with Gasteiger partial charge in [0.1, 0.15) is 18.2 Å². The van der Waals surface area contributed by atoms with E-state index < -0.39 is 0 Å². The number of carbonyl (C=O) groups excluding carboxylic acids is 1. The van der Waals surface area contributed by atoms with E-state index in [9.17, 15) is 9.18 Å². The summed E-state index contributed by atoms with van der Waals surface area (Å²) in [5.41, 5.74) is 6.77. The van der Waals surface area contributed by atoms with Crippen LogP contribution in [-0.2, 0) is 16.1 Å². The Hall–Kier alpha value is -3.60. The maximum atomic E-state index is 14.2. The molecule has 1 spiro atoms. The summed E-state index contributed by atoms with van der Waals surface area (Å²) in [5.74, 6) is 1.31. The van der Waals surface area contributed by atoms with E-state index in [2.05, 4.69) is 42.7 Å². The number of rotatable bonds is 7. The van der Waals surface area contributed by atoms with E-state index >= 15 is 0 Å². The van der Waals surface area contributed by atoms with Gasteiger partial charge in [-0.3, -0.25) is 4.79 Å². The number of halogens is 1. The average Bonchev–Trinajstić information content (AvgIpc) is 3.22. The first-order valence-electron chi connectivity index (χ1n) is 14.0. The van der Waals surface area contributed by atoms with Crippen molar-refractivity contribution in [2.45, 2.75) is 64.9 Å². The minimum absolute atomic E-state index is 0.0436. The quantitative estimate of drug-likeness (QED) is 0.228. The van der Waals surface area contributed by atoms with Crippen LogP contribution in [-0.4, -0.2) is 17.6 Å². The molecule has 0 bridgehead atoms. The number of esters is 1. The minimum Gasteiger partial charge on any atom is -0.489 e. The van der Waals surface area contributed by atoms with Gasteiger partial charge in [-0.15, -0.1) is 0 Å². The van der Waals surface area contributed by atoms with Crippen LogP contribution in [0.15, 0.2) is 66.7 Å². The highest BCUT2D eigenvalue weighted by Gasteiger charge is 2.56. The predicted octanol–water partition coefficient (Wildman–Crippen LogP) is 8.23. The Labute approximate surface area is 229 Å².